The van der Waals surface area contributed by atoms with E-state index in [1.807, 2.05) is 25.1 Å². The van der Waals surface area contributed by atoms with Crippen LogP contribution < -0.4 is 5.32 Å². The van der Waals surface area contributed by atoms with Crippen LogP contribution in [-0.4, -0.2) is 51.2 Å². The summed E-state index contributed by atoms with van der Waals surface area (Å²) in [5.41, 5.74) is 0.205. The topological polar surface area (TPSA) is 41.6 Å². The normalized spacial score (nSPS) is 17.5. The van der Waals surface area contributed by atoms with E-state index >= 15 is 0 Å². The van der Waals surface area contributed by atoms with E-state index in [9.17, 15) is 4.79 Å². The summed E-state index contributed by atoms with van der Waals surface area (Å²) in [4.78, 5) is 14.9. The fourth-order valence-electron chi connectivity index (χ4n) is 2.78. The maximum absolute atomic E-state index is 12.9. The largest absolute Gasteiger partial charge is 0.381 e. The van der Waals surface area contributed by atoms with Gasteiger partial charge in [-0.05, 0) is 44.6 Å². The van der Waals surface area contributed by atoms with Crippen molar-refractivity contribution in [2.45, 2.75) is 18.3 Å². The molecule has 1 aliphatic heterocycles. The summed E-state index contributed by atoms with van der Waals surface area (Å²) >= 11 is 12.4. The molecule has 1 heterocycles. The number of nitrogens with zero attached hydrogens (tertiary/aromatic N) is 1. The van der Waals surface area contributed by atoms with E-state index in [0.717, 1.165) is 12.1 Å². The molecule has 4 nitrogen and oxygen atoms in total. The summed E-state index contributed by atoms with van der Waals surface area (Å²) in [6, 6.07) is 5.34. The Morgan fingerprint density at radius 1 is 1.32 bits per heavy atom. The lowest BCUT2D eigenvalue weighted by atomic mass is 9.73. The van der Waals surface area contributed by atoms with Crippen molar-refractivity contribution in [1.82, 2.24) is 10.2 Å². The number of ether oxygens (including phenoxy) is 1. The molecule has 1 aliphatic rings. The number of halogens is 2. The van der Waals surface area contributed by atoms with Crippen LogP contribution in [0.2, 0.25) is 10.0 Å². The first-order valence-corrected chi connectivity index (χ1v) is 8.17. The van der Waals surface area contributed by atoms with Crippen molar-refractivity contribution in [2.24, 2.45) is 0 Å². The zero-order chi connectivity index (χ0) is 16.2. The van der Waals surface area contributed by atoms with Gasteiger partial charge in [-0.1, -0.05) is 29.3 Å². The SMILES string of the molecule is CN(C)CCNC(=O)C1(c2ccc(Cl)cc2Cl)CCOCC1. The number of nitrogens with one attached hydrogen (secondary N) is 1. The monoisotopic (exact) mass is 344 g/mol. The molecule has 6 heteroatoms. The van der Waals surface area contributed by atoms with Crippen LogP contribution in [-0.2, 0) is 14.9 Å². The van der Waals surface area contributed by atoms with Crippen LogP contribution >= 0.6 is 23.2 Å². The van der Waals surface area contributed by atoms with E-state index in [1.165, 1.54) is 0 Å². The van der Waals surface area contributed by atoms with Gasteiger partial charge in [-0.2, -0.15) is 0 Å². The van der Waals surface area contributed by atoms with Gasteiger partial charge in [-0.3, -0.25) is 4.79 Å². The number of amides is 1. The standard InChI is InChI=1S/C16H22Cl2N2O2/c1-20(2)8-7-19-15(21)16(5-9-22-10-6-16)13-4-3-12(17)11-14(13)18/h3-4,11H,5-10H2,1-2H3,(H,19,21). The Bertz CT molecular complexity index is 529. The average Bonchev–Trinajstić information content (AvgIpc) is 2.47. The van der Waals surface area contributed by atoms with Gasteiger partial charge in [0.2, 0.25) is 5.91 Å². The van der Waals surface area contributed by atoms with Gasteiger partial charge in [-0.25, -0.2) is 0 Å². The van der Waals surface area contributed by atoms with Gasteiger partial charge in [0, 0.05) is 36.3 Å². The Kier molecular flexibility index (Phi) is 6.09. The molecule has 122 valence electrons. The number of likely N-dealkylation sites (N-methyl/N-ethyl adjacent to an activating group) is 1. The van der Waals surface area contributed by atoms with Gasteiger partial charge >= 0.3 is 0 Å². The molecule has 0 atom stereocenters. The van der Waals surface area contributed by atoms with Gasteiger partial charge in [0.05, 0.1) is 5.41 Å². The van der Waals surface area contributed by atoms with E-state index in [0.29, 0.717) is 42.6 Å². The first-order chi connectivity index (χ1) is 10.5. The maximum Gasteiger partial charge on any atom is 0.230 e. The Balaban J connectivity index is 2.25. The third-order valence-corrected chi connectivity index (χ3v) is 4.62. The van der Waals surface area contributed by atoms with Gasteiger partial charge in [-0.15, -0.1) is 0 Å². The first-order valence-electron chi connectivity index (χ1n) is 7.42. The maximum atomic E-state index is 12.9. The number of benzene rings is 1. The molecular formula is C16H22Cl2N2O2. The zero-order valence-corrected chi connectivity index (χ0v) is 14.5. The second kappa shape index (κ2) is 7.64. The lowest BCUT2D eigenvalue weighted by molar-refractivity contribution is -0.130. The van der Waals surface area contributed by atoms with Gasteiger partial charge in [0.1, 0.15) is 0 Å². The molecule has 0 saturated carbocycles. The van der Waals surface area contributed by atoms with Crippen molar-refractivity contribution in [3.63, 3.8) is 0 Å². The lowest BCUT2D eigenvalue weighted by Crippen LogP contribution is -2.49. The number of rotatable bonds is 5. The fraction of sp³-hybridized carbons (Fsp3) is 0.562. The summed E-state index contributed by atoms with van der Waals surface area (Å²) in [7, 11) is 3.96. The van der Waals surface area contributed by atoms with Crippen molar-refractivity contribution in [2.75, 3.05) is 40.4 Å². The molecule has 0 aliphatic carbocycles. The quantitative estimate of drug-likeness (QED) is 0.892. The molecule has 0 bridgehead atoms. The van der Waals surface area contributed by atoms with Gasteiger partial charge in [0.15, 0.2) is 0 Å². The summed E-state index contributed by atoms with van der Waals surface area (Å²) in [6.07, 6.45) is 1.25. The second-order valence-corrected chi connectivity index (χ2v) is 6.72. The molecule has 1 aromatic rings. The van der Waals surface area contributed by atoms with Gasteiger partial charge < -0.3 is 15.0 Å². The molecule has 0 spiro atoms. The number of carbonyl (C=O) groups is 1. The fourth-order valence-corrected chi connectivity index (χ4v) is 3.37. The summed E-state index contributed by atoms with van der Waals surface area (Å²) in [6.45, 7) is 2.52. The molecule has 1 N–H and O–H groups in total. The average molecular weight is 345 g/mol. The number of carbonyl (C=O) groups excluding carboxylic acids is 1. The number of hydrogen-bond acceptors (Lipinski definition) is 3. The van der Waals surface area contributed by atoms with Crippen LogP contribution in [0.15, 0.2) is 18.2 Å². The highest BCUT2D eigenvalue weighted by molar-refractivity contribution is 6.35. The van der Waals surface area contributed by atoms with Crippen LogP contribution in [0.25, 0.3) is 0 Å². The first kappa shape index (κ1) is 17.5. The molecule has 1 saturated heterocycles. The number of hydrogen-bond donors (Lipinski definition) is 1. The van der Waals surface area contributed by atoms with Crippen LogP contribution in [0.4, 0.5) is 0 Å². The zero-order valence-electron chi connectivity index (χ0n) is 13.0. The van der Waals surface area contributed by atoms with Crippen molar-refractivity contribution in [1.29, 1.82) is 0 Å². The van der Waals surface area contributed by atoms with E-state index in [4.69, 9.17) is 27.9 Å². The third kappa shape index (κ3) is 3.93. The van der Waals surface area contributed by atoms with Crippen LogP contribution in [0.1, 0.15) is 18.4 Å². The molecule has 0 aromatic heterocycles. The van der Waals surface area contributed by atoms with Crippen LogP contribution in [0.3, 0.4) is 0 Å². The molecular weight excluding hydrogens is 323 g/mol. The van der Waals surface area contributed by atoms with E-state index in [1.54, 1.807) is 12.1 Å². The Hall–Kier alpha value is -0.810. The predicted molar refractivity (Wildman–Crippen MR) is 89.8 cm³/mol. The minimum absolute atomic E-state index is 0.0156. The predicted octanol–water partition coefficient (Wildman–Crippen LogP) is 2.72. The Labute approximate surface area is 141 Å². The van der Waals surface area contributed by atoms with Crippen molar-refractivity contribution in [3.05, 3.63) is 33.8 Å². The highest BCUT2D eigenvalue weighted by Gasteiger charge is 2.42. The van der Waals surface area contributed by atoms with Gasteiger partial charge in [0.25, 0.3) is 0 Å². The van der Waals surface area contributed by atoms with Crippen LogP contribution in [0.5, 0.6) is 0 Å². The summed E-state index contributed by atoms with van der Waals surface area (Å²) < 4.78 is 5.45. The van der Waals surface area contributed by atoms with E-state index in [-0.39, 0.29) is 5.91 Å². The van der Waals surface area contributed by atoms with Crippen molar-refractivity contribution in [3.8, 4) is 0 Å². The highest BCUT2D eigenvalue weighted by atomic mass is 35.5. The molecule has 2 rings (SSSR count). The van der Waals surface area contributed by atoms with Crippen LogP contribution in [0, 0.1) is 0 Å². The molecule has 1 aromatic carbocycles. The smallest absolute Gasteiger partial charge is 0.230 e. The minimum atomic E-state index is -0.633. The van der Waals surface area contributed by atoms with E-state index in [2.05, 4.69) is 5.32 Å². The molecule has 0 unspecified atom stereocenters. The lowest BCUT2D eigenvalue weighted by Gasteiger charge is -2.37. The third-order valence-electron chi connectivity index (χ3n) is 4.07. The second-order valence-electron chi connectivity index (χ2n) is 5.88. The molecule has 22 heavy (non-hydrogen) atoms. The Morgan fingerprint density at radius 3 is 2.59 bits per heavy atom. The van der Waals surface area contributed by atoms with Crippen molar-refractivity contribution >= 4 is 29.1 Å². The molecule has 0 radical (unpaired) electrons. The Morgan fingerprint density at radius 2 is 2.00 bits per heavy atom. The molecule has 1 fully saturated rings. The van der Waals surface area contributed by atoms with E-state index < -0.39 is 5.41 Å². The minimum Gasteiger partial charge on any atom is -0.381 e. The highest BCUT2D eigenvalue weighted by Crippen LogP contribution is 2.39. The summed E-state index contributed by atoms with van der Waals surface area (Å²) in [5.74, 6) is 0.0156. The van der Waals surface area contributed by atoms with Crippen molar-refractivity contribution < 1.29 is 9.53 Å². The summed E-state index contributed by atoms with van der Waals surface area (Å²) in [5, 5.41) is 4.15. The molecule has 1 amide bonds.